The molecule has 1 amide bonds. The first-order valence-electron chi connectivity index (χ1n) is 7.44. The van der Waals surface area contributed by atoms with E-state index in [2.05, 4.69) is 10.2 Å². The molecule has 0 spiro atoms. The molecule has 2 rings (SSSR count). The number of aliphatic hydroxyl groups excluding tert-OH is 1. The Morgan fingerprint density at radius 1 is 1.36 bits per heavy atom. The van der Waals surface area contributed by atoms with E-state index < -0.39 is 6.10 Å². The number of amides is 1. The van der Waals surface area contributed by atoms with Crippen molar-refractivity contribution in [2.75, 3.05) is 13.6 Å². The number of nitrogens with zero attached hydrogens (tertiary/aromatic N) is 4. The molecule has 1 atom stereocenters. The van der Waals surface area contributed by atoms with Crippen LogP contribution in [0.4, 0.5) is 0 Å². The fourth-order valence-electron chi connectivity index (χ4n) is 2.15. The Bertz CT molecular complexity index is 595. The molecule has 0 fully saturated rings. The fraction of sp³-hybridized carbons (Fsp3) is 0.438. The molecule has 118 valence electrons. The van der Waals surface area contributed by atoms with Gasteiger partial charge in [-0.25, -0.2) is 0 Å². The molecule has 0 bridgehead atoms. The summed E-state index contributed by atoms with van der Waals surface area (Å²) in [5.41, 5.74) is 0.984. The van der Waals surface area contributed by atoms with E-state index in [0.29, 0.717) is 25.8 Å². The third kappa shape index (κ3) is 4.39. The molecule has 0 aliphatic carbocycles. The Labute approximate surface area is 130 Å². The van der Waals surface area contributed by atoms with Crippen molar-refractivity contribution >= 4 is 5.91 Å². The number of carbonyl (C=O) groups is 1. The van der Waals surface area contributed by atoms with E-state index in [0.717, 1.165) is 11.5 Å². The highest BCUT2D eigenvalue weighted by molar-refractivity contribution is 5.76. The van der Waals surface area contributed by atoms with Gasteiger partial charge < -0.3 is 10.0 Å². The average Bonchev–Trinajstić information content (AvgIpc) is 2.99. The molecule has 0 saturated heterocycles. The summed E-state index contributed by atoms with van der Waals surface area (Å²) in [6, 6.07) is 9.81. The summed E-state index contributed by atoms with van der Waals surface area (Å²) in [6.45, 7) is 2.28. The molecule has 0 radical (unpaired) electrons. The summed E-state index contributed by atoms with van der Waals surface area (Å²) in [7, 11) is 1.76. The highest BCUT2D eigenvalue weighted by atomic mass is 16.3. The lowest BCUT2D eigenvalue weighted by atomic mass is 10.2. The van der Waals surface area contributed by atoms with Gasteiger partial charge in [-0.3, -0.25) is 9.36 Å². The van der Waals surface area contributed by atoms with Gasteiger partial charge in [0.1, 0.15) is 12.2 Å². The second-order valence-corrected chi connectivity index (χ2v) is 5.41. The van der Waals surface area contributed by atoms with E-state index in [4.69, 9.17) is 0 Å². The first-order chi connectivity index (χ1) is 10.6. The molecule has 0 aliphatic heterocycles. The van der Waals surface area contributed by atoms with Crippen LogP contribution in [-0.2, 0) is 11.2 Å². The van der Waals surface area contributed by atoms with Crippen LogP contribution in [0.2, 0.25) is 0 Å². The molecule has 22 heavy (non-hydrogen) atoms. The zero-order valence-corrected chi connectivity index (χ0v) is 13.0. The van der Waals surface area contributed by atoms with Gasteiger partial charge in [-0.05, 0) is 25.5 Å². The molecular weight excluding hydrogens is 280 g/mol. The SMILES string of the molecule is CC(O)CCN(C)C(=O)CCc1nncn1-c1ccccc1. The first kappa shape index (κ1) is 16.2. The van der Waals surface area contributed by atoms with Gasteiger partial charge in [0.25, 0.3) is 0 Å². The number of para-hydroxylation sites is 1. The maximum Gasteiger partial charge on any atom is 0.222 e. The normalized spacial score (nSPS) is 12.1. The van der Waals surface area contributed by atoms with E-state index in [9.17, 15) is 9.90 Å². The predicted octanol–water partition coefficient (Wildman–Crippen LogP) is 1.43. The minimum absolute atomic E-state index is 0.0447. The molecular formula is C16H22N4O2. The maximum absolute atomic E-state index is 12.1. The Morgan fingerprint density at radius 2 is 2.09 bits per heavy atom. The molecule has 1 aromatic carbocycles. The number of carbonyl (C=O) groups excluding carboxylic acids is 1. The molecule has 2 aromatic rings. The number of rotatable bonds is 7. The Kier molecular flexibility index (Phi) is 5.66. The third-order valence-corrected chi connectivity index (χ3v) is 3.52. The first-order valence-corrected chi connectivity index (χ1v) is 7.44. The Hall–Kier alpha value is -2.21. The second kappa shape index (κ2) is 7.70. The summed E-state index contributed by atoms with van der Waals surface area (Å²) in [5.74, 6) is 0.812. The summed E-state index contributed by atoms with van der Waals surface area (Å²) in [5, 5.41) is 17.3. The number of hydrogen-bond donors (Lipinski definition) is 1. The van der Waals surface area contributed by atoms with E-state index in [1.54, 1.807) is 25.2 Å². The van der Waals surface area contributed by atoms with Crippen molar-refractivity contribution in [3.05, 3.63) is 42.5 Å². The van der Waals surface area contributed by atoms with Crippen molar-refractivity contribution in [2.45, 2.75) is 32.3 Å². The summed E-state index contributed by atoms with van der Waals surface area (Å²) in [4.78, 5) is 13.7. The maximum atomic E-state index is 12.1. The minimum Gasteiger partial charge on any atom is -0.393 e. The zero-order chi connectivity index (χ0) is 15.9. The van der Waals surface area contributed by atoms with E-state index in [-0.39, 0.29) is 5.91 Å². The predicted molar refractivity (Wildman–Crippen MR) is 83.6 cm³/mol. The van der Waals surface area contributed by atoms with Gasteiger partial charge in [0.05, 0.1) is 6.10 Å². The lowest BCUT2D eigenvalue weighted by molar-refractivity contribution is -0.130. The smallest absolute Gasteiger partial charge is 0.222 e. The lowest BCUT2D eigenvalue weighted by Gasteiger charge is -2.18. The van der Waals surface area contributed by atoms with Crippen molar-refractivity contribution in [1.29, 1.82) is 0 Å². The van der Waals surface area contributed by atoms with Crippen LogP contribution < -0.4 is 0 Å². The highest BCUT2D eigenvalue weighted by Crippen LogP contribution is 2.11. The topological polar surface area (TPSA) is 71.2 Å². The molecule has 1 N–H and O–H groups in total. The quantitative estimate of drug-likeness (QED) is 0.840. The summed E-state index contributed by atoms with van der Waals surface area (Å²) < 4.78 is 1.89. The fourth-order valence-corrected chi connectivity index (χ4v) is 2.15. The van der Waals surface area contributed by atoms with Crippen LogP contribution in [0.5, 0.6) is 0 Å². The van der Waals surface area contributed by atoms with Crippen LogP contribution in [0.25, 0.3) is 5.69 Å². The monoisotopic (exact) mass is 302 g/mol. The van der Waals surface area contributed by atoms with Crippen LogP contribution >= 0.6 is 0 Å². The largest absolute Gasteiger partial charge is 0.393 e. The number of aryl methyl sites for hydroxylation is 1. The van der Waals surface area contributed by atoms with Gasteiger partial charge in [0.2, 0.25) is 5.91 Å². The minimum atomic E-state index is -0.392. The van der Waals surface area contributed by atoms with Gasteiger partial charge >= 0.3 is 0 Å². The van der Waals surface area contributed by atoms with E-state index >= 15 is 0 Å². The zero-order valence-electron chi connectivity index (χ0n) is 13.0. The van der Waals surface area contributed by atoms with Crippen LogP contribution in [-0.4, -0.2) is 50.4 Å². The standard InChI is InChI=1S/C16H22N4O2/c1-13(21)10-11-19(2)16(22)9-8-15-18-17-12-20(15)14-6-4-3-5-7-14/h3-7,12-13,21H,8-11H2,1-2H3. The Morgan fingerprint density at radius 3 is 2.77 bits per heavy atom. The highest BCUT2D eigenvalue weighted by Gasteiger charge is 2.13. The average molecular weight is 302 g/mol. The van der Waals surface area contributed by atoms with Crippen LogP contribution in [0.1, 0.15) is 25.6 Å². The second-order valence-electron chi connectivity index (χ2n) is 5.41. The lowest BCUT2D eigenvalue weighted by Crippen LogP contribution is -2.29. The van der Waals surface area contributed by atoms with Crippen molar-refractivity contribution in [2.24, 2.45) is 0 Å². The van der Waals surface area contributed by atoms with E-state index in [1.165, 1.54) is 0 Å². The van der Waals surface area contributed by atoms with Crippen molar-refractivity contribution in [3.8, 4) is 5.69 Å². The number of hydrogen-bond acceptors (Lipinski definition) is 4. The van der Waals surface area contributed by atoms with Crippen molar-refractivity contribution in [3.63, 3.8) is 0 Å². The molecule has 0 aliphatic rings. The Balaban J connectivity index is 1.93. The van der Waals surface area contributed by atoms with E-state index in [1.807, 2.05) is 34.9 Å². The van der Waals surface area contributed by atoms with Gasteiger partial charge in [0.15, 0.2) is 0 Å². The summed E-state index contributed by atoms with van der Waals surface area (Å²) in [6.07, 6.45) is 2.76. The molecule has 6 nitrogen and oxygen atoms in total. The van der Waals surface area contributed by atoms with Gasteiger partial charge in [0, 0.05) is 32.1 Å². The van der Waals surface area contributed by atoms with Gasteiger partial charge in [-0.2, -0.15) is 0 Å². The third-order valence-electron chi connectivity index (χ3n) is 3.52. The molecule has 6 heteroatoms. The molecule has 0 saturated carbocycles. The van der Waals surface area contributed by atoms with Crippen molar-refractivity contribution in [1.82, 2.24) is 19.7 Å². The summed E-state index contributed by atoms with van der Waals surface area (Å²) >= 11 is 0. The van der Waals surface area contributed by atoms with Crippen LogP contribution in [0.15, 0.2) is 36.7 Å². The number of benzene rings is 1. The molecule has 1 aromatic heterocycles. The molecule has 1 unspecified atom stereocenters. The molecule has 1 heterocycles. The van der Waals surface area contributed by atoms with Crippen LogP contribution in [0.3, 0.4) is 0 Å². The van der Waals surface area contributed by atoms with Gasteiger partial charge in [-0.15, -0.1) is 10.2 Å². The van der Waals surface area contributed by atoms with Gasteiger partial charge in [-0.1, -0.05) is 18.2 Å². The van der Waals surface area contributed by atoms with Crippen molar-refractivity contribution < 1.29 is 9.90 Å². The number of aliphatic hydroxyl groups is 1. The van der Waals surface area contributed by atoms with Crippen LogP contribution in [0, 0.1) is 0 Å². The number of aromatic nitrogens is 3.